The van der Waals surface area contributed by atoms with E-state index in [0.717, 1.165) is 19.9 Å². The molecule has 3 aromatic carbocycles. The molecule has 3 rings (SSSR count). The maximum Gasteiger partial charge on any atom is 0.243 e. The highest BCUT2D eigenvalue weighted by atomic mass is 79.9. The van der Waals surface area contributed by atoms with Crippen LogP contribution in [-0.4, -0.2) is 32.3 Å². The van der Waals surface area contributed by atoms with E-state index in [0.29, 0.717) is 10.8 Å². The SMILES string of the molecule is COc1ccc([C@H](C)NC(=O)CN(Cc2ccc(Br)cc2)S(=O)(=O)c2ccc(Cl)cc2)cc1. The summed E-state index contributed by atoms with van der Waals surface area (Å²) in [6.07, 6.45) is 0. The first-order chi connectivity index (χ1) is 15.7. The van der Waals surface area contributed by atoms with Crippen LogP contribution in [0.25, 0.3) is 0 Å². The molecule has 0 heterocycles. The van der Waals surface area contributed by atoms with Crippen molar-refractivity contribution in [1.29, 1.82) is 0 Å². The average Bonchev–Trinajstić information content (AvgIpc) is 2.80. The van der Waals surface area contributed by atoms with Crippen molar-refractivity contribution in [3.63, 3.8) is 0 Å². The fourth-order valence-electron chi connectivity index (χ4n) is 3.20. The Morgan fingerprint density at radius 2 is 1.64 bits per heavy atom. The lowest BCUT2D eigenvalue weighted by Gasteiger charge is -2.23. The van der Waals surface area contributed by atoms with E-state index in [2.05, 4.69) is 21.2 Å². The lowest BCUT2D eigenvalue weighted by atomic mass is 10.1. The number of benzene rings is 3. The van der Waals surface area contributed by atoms with E-state index < -0.39 is 15.9 Å². The topological polar surface area (TPSA) is 75.7 Å². The van der Waals surface area contributed by atoms with Gasteiger partial charge in [-0.15, -0.1) is 0 Å². The number of amides is 1. The van der Waals surface area contributed by atoms with E-state index in [1.807, 2.05) is 55.5 Å². The zero-order valence-corrected chi connectivity index (χ0v) is 21.3. The summed E-state index contributed by atoms with van der Waals surface area (Å²) in [5.41, 5.74) is 1.64. The molecule has 0 aliphatic carbocycles. The Hall–Kier alpha value is -2.39. The van der Waals surface area contributed by atoms with Crippen LogP contribution in [0.1, 0.15) is 24.1 Å². The van der Waals surface area contributed by atoms with Gasteiger partial charge in [0, 0.05) is 16.0 Å². The number of halogens is 2. The molecule has 0 saturated heterocycles. The van der Waals surface area contributed by atoms with E-state index >= 15 is 0 Å². The van der Waals surface area contributed by atoms with Crippen LogP contribution >= 0.6 is 27.5 Å². The standard InChI is InChI=1S/C24H24BrClN2O4S/c1-17(19-5-11-22(32-2)12-6-19)27-24(29)16-28(15-18-3-7-20(25)8-4-18)33(30,31)23-13-9-21(26)10-14-23/h3-14,17H,15-16H2,1-2H3,(H,27,29)/t17-/m0/s1. The number of nitrogens with zero attached hydrogens (tertiary/aromatic N) is 1. The monoisotopic (exact) mass is 550 g/mol. The Bertz CT molecular complexity index is 1180. The van der Waals surface area contributed by atoms with Crippen molar-refractivity contribution in [2.24, 2.45) is 0 Å². The summed E-state index contributed by atoms with van der Waals surface area (Å²) in [6, 6.07) is 20.2. The molecule has 3 aromatic rings. The Labute approximate surface area is 207 Å². The number of hydrogen-bond acceptors (Lipinski definition) is 4. The molecule has 174 valence electrons. The van der Waals surface area contributed by atoms with Gasteiger partial charge in [0.2, 0.25) is 15.9 Å². The third kappa shape index (κ3) is 6.80. The van der Waals surface area contributed by atoms with Crippen LogP contribution in [0.3, 0.4) is 0 Å². The van der Waals surface area contributed by atoms with Crippen LogP contribution < -0.4 is 10.1 Å². The minimum atomic E-state index is -3.95. The van der Waals surface area contributed by atoms with Crippen molar-refractivity contribution >= 4 is 43.5 Å². The third-order valence-electron chi connectivity index (χ3n) is 5.04. The number of methoxy groups -OCH3 is 1. The molecule has 0 spiro atoms. The highest BCUT2D eigenvalue weighted by Crippen LogP contribution is 2.22. The lowest BCUT2D eigenvalue weighted by Crippen LogP contribution is -2.41. The molecule has 0 fully saturated rings. The normalized spacial score (nSPS) is 12.4. The number of carbonyl (C=O) groups is 1. The molecule has 33 heavy (non-hydrogen) atoms. The quantitative estimate of drug-likeness (QED) is 0.398. The zero-order valence-electron chi connectivity index (χ0n) is 18.2. The molecular formula is C24H24BrClN2O4S. The maximum atomic E-state index is 13.4. The fraction of sp³-hybridized carbons (Fsp3) is 0.208. The number of sulfonamides is 1. The highest BCUT2D eigenvalue weighted by molar-refractivity contribution is 9.10. The fourth-order valence-corrected chi connectivity index (χ4v) is 4.97. The number of carbonyl (C=O) groups excluding carboxylic acids is 1. The molecule has 1 amide bonds. The lowest BCUT2D eigenvalue weighted by molar-refractivity contribution is -0.122. The van der Waals surface area contributed by atoms with Gasteiger partial charge in [0.1, 0.15) is 5.75 Å². The van der Waals surface area contributed by atoms with Gasteiger partial charge in [-0.05, 0) is 66.6 Å². The molecule has 0 aliphatic heterocycles. The smallest absolute Gasteiger partial charge is 0.243 e. The van der Waals surface area contributed by atoms with Crippen molar-refractivity contribution in [3.05, 3.63) is 93.4 Å². The first-order valence-electron chi connectivity index (χ1n) is 10.1. The number of hydrogen-bond donors (Lipinski definition) is 1. The molecular weight excluding hydrogens is 528 g/mol. The summed E-state index contributed by atoms with van der Waals surface area (Å²) >= 11 is 9.30. The summed E-state index contributed by atoms with van der Waals surface area (Å²) in [6.45, 7) is 1.55. The molecule has 0 radical (unpaired) electrons. The molecule has 0 saturated carbocycles. The summed E-state index contributed by atoms with van der Waals surface area (Å²) in [5, 5.41) is 3.31. The van der Waals surface area contributed by atoms with Crippen LogP contribution in [0.2, 0.25) is 5.02 Å². The maximum absolute atomic E-state index is 13.4. The van der Waals surface area contributed by atoms with Gasteiger partial charge in [0.25, 0.3) is 0 Å². The average molecular weight is 552 g/mol. The molecule has 1 N–H and O–H groups in total. The van der Waals surface area contributed by atoms with Crippen molar-refractivity contribution in [1.82, 2.24) is 9.62 Å². The van der Waals surface area contributed by atoms with E-state index in [4.69, 9.17) is 16.3 Å². The molecule has 6 nitrogen and oxygen atoms in total. The van der Waals surface area contributed by atoms with Gasteiger partial charge < -0.3 is 10.1 Å². The minimum Gasteiger partial charge on any atom is -0.497 e. The zero-order chi connectivity index (χ0) is 24.0. The van der Waals surface area contributed by atoms with Crippen LogP contribution in [0.15, 0.2) is 82.2 Å². The minimum absolute atomic E-state index is 0.0442. The number of nitrogens with one attached hydrogen (secondary N) is 1. The van der Waals surface area contributed by atoms with E-state index in [9.17, 15) is 13.2 Å². The van der Waals surface area contributed by atoms with Crippen molar-refractivity contribution in [2.75, 3.05) is 13.7 Å². The van der Waals surface area contributed by atoms with Gasteiger partial charge in [-0.2, -0.15) is 4.31 Å². The second-order valence-electron chi connectivity index (χ2n) is 7.42. The first kappa shape index (κ1) is 25.2. The van der Waals surface area contributed by atoms with Crippen LogP contribution in [0.4, 0.5) is 0 Å². The Balaban J connectivity index is 1.81. The van der Waals surface area contributed by atoms with E-state index in [1.165, 1.54) is 24.3 Å². The van der Waals surface area contributed by atoms with Crippen LogP contribution in [0.5, 0.6) is 5.75 Å². The number of rotatable bonds is 9. The molecule has 0 aliphatic rings. The van der Waals surface area contributed by atoms with Crippen molar-refractivity contribution in [2.45, 2.75) is 24.4 Å². The number of ether oxygens (including phenoxy) is 1. The van der Waals surface area contributed by atoms with Crippen LogP contribution in [-0.2, 0) is 21.4 Å². The summed E-state index contributed by atoms with van der Waals surface area (Å²) in [4.78, 5) is 12.9. The van der Waals surface area contributed by atoms with Gasteiger partial charge >= 0.3 is 0 Å². The van der Waals surface area contributed by atoms with Gasteiger partial charge in [0.15, 0.2) is 0 Å². The predicted octanol–water partition coefficient (Wildman–Crippen LogP) is 5.18. The molecule has 0 unspecified atom stereocenters. The summed E-state index contributed by atoms with van der Waals surface area (Å²) < 4.78 is 33.9. The second kappa shape index (κ2) is 11.2. The molecule has 1 atom stereocenters. The summed E-state index contributed by atoms with van der Waals surface area (Å²) in [7, 11) is -2.36. The van der Waals surface area contributed by atoms with Gasteiger partial charge in [-0.1, -0.05) is 51.8 Å². The van der Waals surface area contributed by atoms with Gasteiger partial charge in [0.05, 0.1) is 24.6 Å². The highest BCUT2D eigenvalue weighted by Gasteiger charge is 2.27. The van der Waals surface area contributed by atoms with Gasteiger partial charge in [-0.25, -0.2) is 8.42 Å². The Morgan fingerprint density at radius 1 is 1.03 bits per heavy atom. The Morgan fingerprint density at radius 3 is 2.21 bits per heavy atom. The third-order valence-corrected chi connectivity index (χ3v) is 7.62. The van der Waals surface area contributed by atoms with E-state index in [1.54, 1.807) is 7.11 Å². The second-order valence-corrected chi connectivity index (χ2v) is 10.7. The largest absolute Gasteiger partial charge is 0.497 e. The molecule has 0 bridgehead atoms. The predicted molar refractivity (Wildman–Crippen MR) is 133 cm³/mol. The Kier molecular flexibility index (Phi) is 8.53. The van der Waals surface area contributed by atoms with Crippen LogP contribution in [0, 0.1) is 0 Å². The molecule has 0 aromatic heterocycles. The summed E-state index contributed by atoms with van der Waals surface area (Å²) in [5.74, 6) is 0.306. The molecule has 9 heteroatoms. The van der Waals surface area contributed by atoms with Crippen molar-refractivity contribution in [3.8, 4) is 5.75 Å². The van der Waals surface area contributed by atoms with E-state index in [-0.39, 0.29) is 24.0 Å². The van der Waals surface area contributed by atoms with Gasteiger partial charge in [-0.3, -0.25) is 4.79 Å². The first-order valence-corrected chi connectivity index (χ1v) is 12.7. The van der Waals surface area contributed by atoms with Crippen molar-refractivity contribution < 1.29 is 17.9 Å².